The molecule has 20 heavy (non-hydrogen) atoms. The van der Waals surface area contributed by atoms with E-state index in [1.165, 1.54) is 10.9 Å². The van der Waals surface area contributed by atoms with Crippen molar-refractivity contribution in [3.8, 4) is 11.5 Å². The molecular formula is C16H14N2O2. The molecule has 4 nitrogen and oxygen atoms in total. The maximum atomic E-state index is 5.38. The van der Waals surface area contributed by atoms with Crippen LogP contribution in [0.15, 0.2) is 48.7 Å². The Morgan fingerprint density at radius 1 is 1.05 bits per heavy atom. The summed E-state index contributed by atoms with van der Waals surface area (Å²) >= 11 is 0. The molecule has 2 N–H and O–H groups in total. The lowest BCUT2D eigenvalue weighted by Crippen LogP contribution is -1.99. The largest absolute Gasteiger partial charge is 0.454 e. The van der Waals surface area contributed by atoms with Gasteiger partial charge >= 0.3 is 0 Å². The first-order chi connectivity index (χ1) is 9.90. The standard InChI is InChI=1S/C16H14N2O2/c1-2-11(13-6-7-17-14(13)3-1)9-18-12-4-5-15-16(8-12)20-10-19-15/h1-8,17-18H,9-10H2. The third-order valence-electron chi connectivity index (χ3n) is 3.54. The summed E-state index contributed by atoms with van der Waals surface area (Å²) < 4.78 is 10.7. The number of fused-ring (bicyclic) bond motifs is 2. The number of hydrogen-bond acceptors (Lipinski definition) is 3. The Kier molecular flexibility index (Phi) is 2.52. The molecule has 0 aliphatic carbocycles. The molecule has 0 radical (unpaired) electrons. The van der Waals surface area contributed by atoms with E-state index in [-0.39, 0.29) is 0 Å². The van der Waals surface area contributed by atoms with Crippen LogP contribution in [0.2, 0.25) is 0 Å². The van der Waals surface area contributed by atoms with Gasteiger partial charge in [0.15, 0.2) is 11.5 Å². The molecule has 0 saturated carbocycles. The van der Waals surface area contributed by atoms with Gasteiger partial charge in [0.05, 0.1) is 0 Å². The van der Waals surface area contributed by atoms with E-state index in [2.05, 4.69) is 34.6 Å². The van der Waals surface area contributed by atoms with E-state index < -0.39 is 0 Å². The summed E-state index contributed by atoms with van der Waals surface area (Å²) in [5, 5.41) is 4.67. The van der Waals surface area contributed by atoms with Crippen LogP contribution in [-0.2, 0) is 6.54 Å². The number of H-pyrrole nitrogens is 1. The number of benzene rings is 2. The number of aromatic nitrogens is 1. The summed E-state index contributed by atoms with van der Waals surface area (Å²) in [5.41, 5.74) is 3.46. The van der Waals surface area contributed by atoms with Crippen LogP contribution < -0.4 is 14.8 Å². The summed E-state index contributed by atoms with van der Waals surface area (Å²) in [6.07, 6.45) is 1.97. The summed E-state index contributed by atoms with van der Waals surface area (Å²) in [4.78, 5) is 3.23. The highest BCUT2D eigenvalue weighted by atomic mass is 16.7. The molecule has 0 amide bonds. The molecule has 0 unspecified atom stereocenters. The lowest BCUT2D eigenvalue weighted by Gasteiger charge is -2.08. The molecule has 100 valence electrons. The molecule has 2 heterocycles. The van der Waals surface area contributed by atoms with Gasteiger partial charge in [-0.05, 0) is 29.8 Å². The summed E-state index contributed by atoms with van der Waals surface area (Å²) in [5.74, 6) is 1.61. The maximum absolute atomic E-state index is 5.38. The zero-order valence-corrected chi connectivity index (χ0v) is 10.8. The van der Waals surface area contributed by atoms with Gasteiger partial charge in [0.25, 0.3) is 0 Å². The number of ether oxygens (including phenoxy) is 2. The topological polar surface area (TPSA) is 46.3 Å². The van der Waals surface area contributed by atoms with Gasteiger partial charge in [-0.25, -0.2) is 0 Å². The first-order valence-electron chi connectivity index (χ1n) is 6.59. The fourth-order valence-electron chi connectivity index (χ4n) is 2.51. The second-order valence-corrected chi connectivity index (χ2v) is 4.78. The quantitative estimate of drug-likeness (QED) is 0.762. The van der Waals surface area contributed by atoms with Crippen LogP contribution in [0, 0.1) is 0 Å². The Morgan fingerprint density at radius 3 is 3.00 bits per heavy atom. The van der Waals surface area contributed by atoms with Crippen LogP contribution in [0.5, 0.6) is 11.5 Å². The van der Waals surface area contributed by atoms with Crippen LogP contribution in [-0.4, -0.2) is 11.8 Å². The van der Waals surface area contributed by atoms with Crippen molar-refractivity contribution in [3.05, 3.63) is 54.2 Å². The molecule has 0 bridgehead atoms. The van der Waals surface area contributed by atoms with Crippen molar-refractivity contribution in [1.29, 1.82) is 0 Å². The number of hydrogen-bond donors (Lipinski definition) is 2. The Bertz CT molecular complexity index is 764. The third-order valence-corrected chi connectivity index (χ3v) is 3.54. The lowest BCUT2D eigenvalue weighted by molar-refractivity contribution is 0.174. The van der Waals surface area contributed by atoms with Crippen LogP contribution in [0.4, 0.5) is 5.69 Å². The highest BCUT2D eigenvalue weighted by molar-refractivity contribution is 5.83. The molecule has 0 atom stereocenters. The lowest BCUT2D eigenvalue weighted by atomic mass is 10.1. The normalized spacial score (nSPS) is 12.8. The SMILES string of the molecule is c1cc(CNc2ccc3c(c2)OCO3)c2cc[nH]c2c1. The minimum Gasteiger partial charge on any atom is -0.454 e. The molecule has 4 heteroatoms. The van der Waals surface area contributed by atoms with E-state index >= 15 is 0 Å². The van der Waals surface area contributed by atoms with Gasteiger partial charge in [-0.15, -0.1) is 0 Å². The number of rotatable bonds is 3. The summed E-state index contributed by atoms with van der Waals surface area (Å²) in [6.45, 7) is 1.08. The monoisotopic (exact) mass is 266 g/mol. The van der Waals surface area contributed by atoms with Gasteiger partial charge in [0, 0.05) is 35.4 Å². The molecule has 0 fully saturated rings. The van der Waals surface area contributed by atoms with Crippen molar-refractivity contribution in [1.82, 2.24) is 4.98 Å². The van der Waals surface area contributed by atoms with E-state index in [4.69, 9.17) is 9.47 Å². The first-order valence-corrected chi connectivity index (χ1v) is 6.59. The molecule has 1 aliphatic rings. The molecule has 1 aromatic heterocycles. The maximum Gasteiger partial charge on any atom is 0.231 e. The first kappa shape index (κ1) is 11.2. The predicted molar refractivity (Wildman–Crippen MR) is 78.2 cm³/mol. The summed E-state index contributed by atoms with van der Waals surface area (Å²) in [6, 6.07) is 14.3. The Morgan fingerprint density at radius 2 is 2.00 bits per heavy atom. The van der Waals surface area contributed by atoms with Crippen LogP contribution in [0.1, 0.15) is 5.56 Å². The predicted octanol–water partition coefficient (Wildman–Crippen LogP) is 3.51. The zero-order valence-electron chi connectivity index (χ0n) is 10.8. The smallest absolute Gasteiger partial charge is 0.231 e. The number of anilines is 1. The van der Waals surface area contributed by atoms with Crippen molar-refractivity contribution in [3.63, 3.8) is 0 Å². The molecule has 4 rings (SSSR count). The third kappa shape index (κ3) is 1.86. The van der Waals surface area contributed by atoms with Crippen molar-refractivity contribution >= 4 is 16.6 Å². The van der Waals surface area contributed by atoms with Gasteiger partial charge in [0.1, 0.15) is 0 Å². The molecule has 0 spiro atoms. The van der Waals surface area contributed by atoms with Crippen LogP contribution >= 0.6 is 0 Å². The molecule has 1 aliphatic heterocycles. The van der Waals surface area contributed by atoms with Crippen molar-refractivity contribution < 1.29 is 9.47 Å². The number of nitrogens with one attached hydrogen (secondary N) is 2. The molecule has 3 aromatic rings. The second-order valence-electron chi connectivity index (χ2n) is 4.78. The fraction of sp³-hybridized carbons (Fsp3) is 0.125. The van der Waals surface area contributed by atoms with Crippen molar-refractivity contribution in [2.45, 2.75) is 6.54 Å². The van der Waals surface area contributed by atoms with Gasteiger partial charge in [-0.3, -0.25) is 0 Å². The summed E-state index contributed by atoms with van der Waals surface area (Å²) in [7, 11) is 0. The van der Waals surface area contributed by atoms with Crippen molar-refractivity contribution in [2.75, 3.05) is 12.1 Å². The van der Waals surface area contributed by atoms with E-state index in [0.29, 0.717) is 6.79 Å². The van der Waals surface area contributed by atoms with E-state index in [9.17, 15) is 0 Å². The average molecular weight is 266 g/mol. The Labute approximate surface area is 116 Å². The molecule has 0 saturated heterocycles. The zero-order chi connectivity index (χ0) is 13.4. The highest BCUT2D eigenvalue weighted by Crippen LogP contribution is 2.34. The minimum atomic E-state index is 0.307. The highest BCUT2D eigenvalue weighted by Gasteiger charge is 2.13. The van der Waals surface area contributed by atoms with Crippen molar-refractivity contribution in [2.24, 2.45) is 0 Å². The van der Waals surface area contributed by atoms with Gasteiger partial charge in [-0.2, -0.15) is 0 Å². The second kappa shape index (κ2) is 4.49. The van der Waals surface area contributed by atoms with E-state index in [0.717, 1.165) is 29.2 Å². The van der Waals surface area contributed by atoms with Gasteiger partial charge < -0.3 is 19.8 Å². The van der Waals surface area contributed by atoms with Gasteiger partial charge in [0.2, 0.25) is 6.79 Å². The van der Waals surface area contributed by atoms with Gasteiger partial charge in [-0.1, -0.05) is 12.1 Å². The Balaban J connectivity index is 1.57. The fourth-order valence-corrected chi connectivity index (χ4v) is 2.51. The Hall–Kier alpha value is -2.62. The molecule has 2 aromatic carbocycles. The average Bonchev–Trinajstić information content (AvgIpc) is 3.13. The van der Waals surface area contributed by atoms with E-state index in [1.54, 1.807) is 0 Å². The number of aromatic amines is 1. The molecular weight excluding hydrogens is 252 g/mol. The van der Waals surface area contributed by atoms with Crippen LogP contribution in [0.3, 0.4) is 0 Å². The minimum absolute atomic E-state index is 0.307. The van der Waals surface area contributed by atoms with Crippen LogP contribution in [0.25, 0.3) is 10.9 Å². The van der Waals surface area contributed by atoms with E-state index in [1.807, 2.05) is 24.4 Å².